The summed E-state index contributed by atoms with van der Waals surface area (Å²) in [7, 11) is 1.75. The van der Waals surface area contributed by atoms with Crippen molar-refractivity contribution in [1.82, 2.24) is 9.88 Å². The standard InChI is InChI=1S/C11H17F2N3O/c1-14-11-6-9(2-3-15-11)7-16(4-5-17)8-10(12)13/h2-3,6,10,17H,4-5,7-8H2,1H3,(H,14,15). The number of hydrogen-bond acceptors (Lipinski definition) is 4. The van der Waals surface area contributed by atoms with E-state index in [9.17, 15) is 8.78 Å². The number of aromatic nitrogens is 1. The fourth-order valence-electron chi connectivity index (χ4n) is 1.54. The molecule has 0 aliphatic carbocycles. The van der Waals surface area contributed by atoms with Gasteiger partial charge in [0, 0.05) is 26.3 Å². The molecule has 1 rings (SSSR count). The predicted molar refractivity (Wildman–Crippen MR) is 62.2 cm³/mol. The number of alkyl halides is 2. The number of hydrogen-bond donors (Lipinski definition) is 2. The molecule has 0 radical (unpaired) electrons. The Kier molecular flexibility index (Phi) is 5.79. The average Bonchev–Trinajstić information content (AvgIpc) is 2.29. The van der Waals surface area contributed by atoms with Gasteiger partial charge in [-0.25, -0.2) is 13.8 Å². The first-order valence-corrected chi connectivity index (χ1v) is 5.39. The summed E-state index contributed by atoms with van der Waals surface area (Å²) in [5, 5.41) is 11.7. The minimum Gasteiger partial charge on any atom is -0.395 e. The van der Waals surface area contributed by atoms with Gasteiger partial charge in [-0.3, -0.25) is 4.90 Å². The van der Waals surface area contributed by atoms with Crippen molar-refractivity contribution in [3.8, 4) is 0 Å². The molecule has 4 nitrogen and oxygen atoms in total. The van der Waals surface area contributed by atoms with Gasteiger partial charge in [0.1, 0.15) is 5.82 Å². The van der Waals surface area contributed by atoms with Crippen LogP contribution < -0.4 is 5.32 Å². The number of nitrogens with one attached hydrogen (secondary N) is 1. The molecule has 17 heavy (non-hydrogen) atoms. The molecule has 0 atom stereocenters. The van der Waals surface area contributed by atoms with Gasteiger partial charge in [0.2, 0.25) is 0 Å². The predicted octanol–water partition coefficient (Wildman–Crippen LogP) is 1.18. The third-order valence-electron chi connectivity index (χ3n) is 2.30. The van der Waals surface area contributed by atoms with Crippen LogP contribution in [0, 0.1) is 0 Å². The third kappa shape index (κ3) is 5.06. The van der Waals surface area contributed by atoms with Gasteiger partial charge < -0.3 is 10.4 Å². The lowest BCUT2D eigenvalue weighted by Crippen LogP contribution is -2.31. The molecule has 2 N–H and O–H groups in total. The second-order valence-electron chi connectivity index (χ2n) is 3.65. The quantitative estimate of drug-likeness (QED) is 0.757. The van der Waals surface area contributed by atoms with Crippen LogP contribution >= 0.6 is 0 Å². The number of pyridine rings is 1. The highest BCUT2D eigenvalue weighted by Gasteiger charge is 2.12. The molecule has 0 bridgehead atoms. The second kappa shape index (κ2) is 7.13. The number of nitrogens with zero attached hydrogens (tertiary/aromatic N) is 2. The van der Waals surface area contributed by atoms with E-state index in [2.05, 4.69) is 10.3 Å². The first-order valence-electron chi connectivity index (χ1n) is 5.39. The van der Waals surface area contributed by atoms with Crippen LogP contribution in [0.5, 0.6) is 0 Å². The summed E-state index contributed by atoms with van der Waals surface area (Å²) >= 11 is 0. The molecule has 0 unspecified atom stereocenters. The van der Waals surface area contributed by atoms with Gasteiger partial charge in [0.15, 0.2) is 0 Å². The van der Waals surface area contributed by atoms with E-state index in [0.29, 0.717) is 12.4 Å². The molecule has 0 saturated heterocycles. The van der Waals surface area contributed by atoms with Crippen molar-refractivity contribution in [1.29, 1.82) is 0 Å². The molecule has 0 aromatic carbocycles. The van der Waals surface area contributed by atoms with Crippen molar-refractivity contribution in [2.45, 2.75) is 13.0 Å². The number of halogens is 2. The molecule has 0 saturated carbocycles. The first-order chi connectivity index (χ1) is 8.15. The smallest absolute Gasteiger partial charge is 0.251 e. The molecule has 96 valence electrons. The third-order valence-corrected chi connectivity index (χ3v) is 2.30. The van der Waals surface area contributed by atoms with Crippen LogP contribution in [0.3, 0.4) is 0 Å². The Morgan fingerprint density at radius 3 is 2.88 bits per heavy atom. The maximum atomic E-state index is 12.3. The minimum atomic E-state index is -2.40. The highest BCUT2D eigenvalue weighted by Crippen LogP contribution is 2.10. The summed E-state index contributed by atoms with van der Waals surface area (Å²) in [4.78, 5) is 5.56. The Bertz CT molecular complexity index is 336. The minimum absolute atomic E-state index is 0.128. The zero-order chi connectivity index (χ0) is 12.7. The Morgan fingerprint density at radius 2 is 2.29 bits per heavy atom. The van der Waals surface area contributed by atoms with E-state index in [0.717, 1.165) is 5.56 Å². The van der Waals surface area contributed by atoms with Crippen molar-refractivity contribution in [3.63, 3.8) is 0 Å². The van der Waals surface area contributed by atoms with Gasteiger partial charge in [0.05, 0.1) is 13.2 Å². The molecule has 0 aliphatic rings. The maximum Gasteiger partial charge on any atom is 0.251 e. The van der Waals surface area contributed by atoms with Crippen LogP contribution in [0.15, 0.2) is 18.3 Å². The van der Waals surface area contributed by atoms with Crippen molar-refractivity contribution in [2.24, 2.45) is 0 Å². The van der Waals surface area contributed by atoms with E-state index in [1.807, 2.05) is 0 Å². The molecular weight excluding hydrogens is 228 g/mol. The second-order valence-corrected chi connectivity index (χ2v) is 3.65. The fraction of sp³-hybridized carbons (Fsp3) is 0.545. The molecule has 1 aromatic rings. The van der Waals surface area contributed by atoms with Crippen LogP contribution in [-0.2, 0) is 6.54 Å². The summed E-state index contributed by atoms with van der Waals surface area (Å²) in [5.74, 6) is 0.698. The highest BCUT2D eigenvalue weighted by molar-refractivity contribution is 5.36. The van der Waals surface area contributed by atoms with Crippen LogP contribution in [-0.4, -0.2) is 48.2 Å². The van der Waals surface area contributed by atoms with E-state index in [1.165, 1.54) is 4.90 Å². The topological polar surface area (TPSA) is 48.4 Å². The van der Waals surface area contributed by atoms with Crippen LogP contribution in [0.2, 0.25) is 0 Å². The summed E-state index contributed by atoms with van der Waals surface area (Å²) in [5.41, 5.74) is 0.887. The number of aliphatic hydroxyl groups is 1. The van der Waals surface area contributed by atoms with Gasteiger partial charge in [-0.2, -0.15) is 0 Å². The van der Waals surface area contributed by atoms with Gasteiger partial charge >= 0.3 is 0 Å². The van der Waals surface area contributed by atoms with Crippen molar-refractivity contribution in [3.05, 3.63) is 23.9 Å². The Hall–Kier alpha value is -1.27. The van der Waals surface area contributed by atoms with Crippen molar-refractivity contribution in [2.75, 3.05) is 32.1 Å². The summed E-state index contributed by atoms with van der Waals surface area (Å²) < 4.78 is 24.6. The summed E-state index contributed by atoms with van der Waals surface area (Å²) in [6.07, 6.45) is -0.770. The molecule has 1 heterocycles. The van der Waals surface area contributed by atoms with E-state index in [4.69, 9.17) is 5.11 Å². The van der Waals surface area contributed by atoms with Crippen LogP contribution in [0.4, 0.5) is 14.6 Å². The summed E-state index contributed by atoms with van der Waals surface area (Å²) in [6, 6.07) is 3.58. The molecule has 0 spiro atoms. The molecule has 0 amide bonds. The highest BCUT2D eigenvalue weighted by atomic mass is 19.3. The zero-order valence-corrected chi connectivity index (χ0v) is 9.74. The van der Waals surface area contributed by atoms with E-state index in [-0.39, 0.29) is 19.7 Å². The molecule has 0 aliphatic heterocycles. The largest absolute Gasteiger partial charge is 0.395 e. The SMILES string of the molecule is CNc1cc(CN(CCO)CC(F)F)ccn1. The maximum absolute atomic E-state index is 12.3. The number of anilines is 1. The van der Waals surface area contributed by atoms with Gasteiger partial charge in [-0.05, 0) is 17.7 Å². The molecule has 0 fully saturated rings. The normalized spacial score (nSPS) is 11.2. The lowest BCUT2D eigenvalue weighted by Gasteiger charge is -2.20. The van der Waals surface area contributed by atoms with E-state index < -0.39 is 6.43 Å². The zero-order valence-electron chi connectivity index (χ0n) is 9.74. The van der Waals surface area contributed by atoms with Crippen LogP contribution in [0.25, 0.3) is 0 Å². The van der Waals surface area contributed by atoms with Crippen LogP contribution in [0.1, 0.15) is 5.56 Å². The van der Waals surface area contributed by atoms with Gasteiger partial charge in [-0.1, -0.05) is 0 Å². The number of rotatable bonds is 7. The lowest BCUT2D eigenvalue weighted by atomic mass is 10.2. The Balaban J connectivity index is 2.64. The monoisotopic (exact) mass is 245 g/mol. The fourth-order valence-corrected chi connectivity index (χ4v) is 1.54. The average molecular weight is 245 g/mol. The van der Waals surface area contributed by atoms with Gasteiger partial charge in [0.25, 0.3) is 6.43 Å². The number of aliphatic hydroxyl groups excluding tert-OH is 1. The van der Waals surface area contributed by atoms with E-state index in [1.54, 1.807) is 25.4 Å². The van der Waals surface area contributed by atoms with Crippen molar-refractivity contribution >= 4 is 5.82 Å². The Labute approximate surface area is 99.3 Å². The van der Waals surface area contributed by atoms with Crippen molar-refractivity contribution < 1.29 is 13.9 Å². The van der Waals surface area contributed by atoms with E-state index >= 15 is 0 Å². The first kappa shape index (κ1) is 13.8. The Morgan fingerprint density at radius 1 is 1.53 bits per heavy atom. The van der Waals surface area contributed by atoms with Gasteiger partial charge in [-0.15, -0.1) is 0 Å². The molecule has 6 heteroatoms. The summed E-state index contributed by atoms with van der Waals surface area (Å²) in [6.45, 7) is 0.151. The molecular formula is C11H17F2N3O. The molecule has 1 aromatic heterocycles. The lowest BCUT2D eigenvalue weighted by molar-refractivity contribution is 0.0746.